The Labute approximate surface area is 195 Å². The Kier molecular flexibility index (Phi) is 5.00. The van der Waals surface area contributed by atoms with Crippen molar-refractivity contribution >= 4 is 33.3 Å². The fraction of sp³-hybridized carbons (Fsp3) is 0.148. The number of carbonyl (C=O) groups is 1. The molecule has 1 aliphatic rings. The lowest BCUT2D eigenvalue weighted by Crippen LogP contribution is -2.16. The molecule has 162 valence electrons. The maximum absolute atomic E-state index is 13.2. The van der Waals surface area contributed by atoms with Crippen LogP contribution in [0, 0.1) is 0 Å². The number of benzene rings is 3. The van der Waals surface area contributed by atoms with Gasteiger partial charge in [-0.15, -0.1) is 0 Å². The Morgan fingerprint density at radius 1 is 0.909 bits per heavy atom. The van der Waals surface area contributed by atoms with Crippen LogP contribution in [0.3, 0.4) is 0 Å². The molecule has 6 heteroatoms. The van der Waals surface area contributed by atoms with Crippen LogP contribution in [0.5, 0.6) is 0 Å². The van der Waals surface area contributed by atoms with Crippen LogP contribution in [0.4, 0.5) is 5.82 Å². The van der Waals surface area contributed by atoms with Gasteiger partial charge in [0.25, 0.3) is 5.91 Å². The predicted molar refractivity (Wildman–Crippen MR) is 132 cm³/mol. The van der Waals surface area contributed by atoms with Gasteiger partial charge in [0.2, 0.25) is 5.13 Å². The number of para-hydroxylation sites is 1. The molecule has 5 nitrogen and oxygen atoms in total. The molecule has 6 rings (SSSR count). The van der Waals surface area contributed by atoms with E-state index in [1.807, 2.05) is 65.3 Å². The van der Waals surface area contributed by atoms with Gasteiger partial charge in [-0.3, -0.25) is 4.79 Å². The molecule has 0 unspecified atom stereocenters. The van der Waals surface area contributed by atoms with Gasteiger partial charge in [-0.25, -0.2) is 4.98 Å². The number of hydrogen-bond acceptors (Lipinski definition) is 4. The maximum Gasteiger partial charge on any atom is 0.256 e. The van der Waals surface area contributed by atoms with Gasteiger partial charge in [0.1, 0.15) is 5.82 Å². The van der Waals surface area contributed by atoms with Crippen molar-refractivity contribution in [1.29, 1.82) is 0 Å². The van der Waals surface area contributed by atoms with E-state index in [1.165, 1.54) is 11.1 Å². The highest BCUT2D eigenvalue weighted by molar-refractivity contribution is 7.20. The summed E-state index contributed by atoms with van der Waals surface area (Å²) in [4.78, 5) is 17.9. The molecule has 0 aliphatic heterocycles. The molecular formula is C27H22N4OS. The lowest BCUT2D eigenvalue weighted by atomic mass is 10.0. The second-order valence-corrected chi connectivity index (χ2v) is 9.33. The first-order valence-corrected chi connectivity index (χ1v) is 12.0. The van der Waals surface area contributed by atoms with Gasteiger partial charge in [-0.05, 0) is 61.1 Å². The number of nitrogens with zero attached hydrogens (tertiary/aromatic N) is 3. The van der Waals surface area contributed by atoms with Crippen molar-refractivity contribution < 1.29 is 4.79 Å². The minimum absolute atomic E-state index is 0.127. The van der Waals surface area contributed by atoms with E-state index in [-0.39, 0.29) is 5.91 Å². The largest absolute Gasteiger partial charge is 0.306 e. The molecule has 1 N–H and O–H groups in total. The summed E-state index contributed by atoms with van der Waals surface area (Å²) in [5.41, 5.74) is 6.20. The van der Waals surface area contributed by atoms with Crippen molar-refractivity contribution in [1.82, 2.24) is 14.8 Å². The molecule has 2 heterocycles. The molecule has 0 atom stereocenters. The van der Waals surface area contributed by atoms with Gasteiger partial charge in [0.15, 0.2) is 0 Å². The van der Waals surface area contributed by atoms with Crippen LogP contribution in [0.25, 0.3) is 15.3 Å². The molecule has 1 aliphatic carbocycles. The first-order chi connectivity index (χ1) is 16.2. The maximum atomic E-state index is 13.2. The Balaban J connectivity index is 1.28. The summed E-state index contributed by atoms with van der Waals surface area (Å²) in [6.07, 6.45) is 3.77. The average molecular weight is 451 g/mol. The number of thiazole rings is 1. The monoisotopic (exact) mass is 450 g/mol. The van der Waals surface area contributed by atoms with E-state index in [0.29, 0.717) is 5.56 Å². The van der Waals surface area contributed by atoms with Gasteiger partial charge >= 0.3 is 0 Å². The molecule has 2 aromatic heterocycles. The lowest BCUT2D eigenvalue weighted by Gasteiger charge is -2.10. The van der Waals surface area contributed by atoms with E-state index in [1.54, 1.807) is 11.3 Å². The smallest absolute Gasteiger partial charge is 0.256 e. The molecule has 3 aromatic carbocycles. The summed E-state index contributed by atoms with van der Waals surface area (Å²) in [7, 11) is 0. The van der Waals surface area contributed by atoms with Crippen molar-refractivity contribution in [2.24, 2.45) is 0 Å². The van der Waals surface area contributed by atoms with Gasteiger partial charge in [-0.1, -0.05) is 65.9 Å². The third-order valence-electron chi connectivity index (χ3n) is 6.07. The number of carbonyl (C=O) groups excluding carboxylic acids is 1. The van der Waals surface area contributed by atoms with E-state index in [2.05, 4.69) is 23.5 Å². The summed E-state index contributed by atoms with van der Waals surface area (Å²) < 4.78 is 2.92. The standard InChI is InChI=1S/C27H22N4OS/c32-26(20-15-13-19(14-16-20)17-18-7-2-1-3-8-18)29-25-21-9-6-11-22(21)30-31(25)27-28-23-10-4-5-12-24(23)33-27/h1-5,7-8,10,12-16H,6,9,11,17H2,(H,29,32). The number of fused-ring (bicyclic) bond motifs is 2. The van der Waals surface area contributed by atoms with Crippen LogP contribution >= 0.6 is 11.3 Å². The molecule has 0 fully saturated rings. The van der Waals surface area contributed by atoms with Gasteiger partial charge in [0.05, 0.1) is 15.9 Å². The number of aryl methyl sites for hydroxylation is 1. The third kappa shape index (κ3) is 3.83. The molecule has 0 spiro atoms. The fourth-order valence-electron chi connectivity index (χ4n) is 4.39. The SMILES string of the molecule is O=C(Nc1c2c(nn1-c1nc3ccccc3s1)CCC2)c1ccc(Cc2ccccc2)cc1. The molecular weight excluding hydrogens is 428 g/mol. The van der Waals surface area contributed by atoms with E-state index >= 15 is 0 Å². The second kappa shape index (κ2) is 8.30. The van der Waals surface area contributed by atoms with E-state index in [0.717, 1.165) is 58.1 Å². The zero-order chi connectivity index (χ0) is 22.2. The molecule has 0 saturated heterocycles. The Hall–Kier alpha value is -3.77. The second-order valence-electron chi connectivity index (χ2n) is 8.32. The summed E-state index contributed by atoms with van der Waals surface area (Å²) in [5.74, 6) is 0.623. The summed E-state index contributed by atoms with van der Waals surface area (Å²) >= 11 is 1.58. The highest BCUT2D eigenvalue weighted by Gasteiger charge is 2.26. The predicted octanol–water partition coefficient (Wildman–Crippen LogP) is 5.81. The van der Waals surface area contributed by atoms with Crippen LogP contribution in [-0.2, 0) is 19.3 Å². The molecule has 0 saturated carbocycles. The minimum atomic E-state index is -0.127. The minimum Gasteiger partial charge on any atom is -0.306 e. The zero-order valence-corrected chi connectivity index (χ0v) is 18.8. The zero-order valence-electron chi connectivity index (χ0n) is 18.0. The van der Waals surface area contributed by atoms with Crippen molar-refractivity contribution in [3.63, 3.8) is 0 Å². The number of amides is 1. The van der Waals surface area contributed by atoms with Crippen molar-refractivity contribution in [3.05, 3.63) is 107 Å². The van der Waals surface area contributed by atoms with E-state index in [9.17, 15) is 4.79 Å². The number of nitrogens with one attached hydrogen (secondary N) is 1. The third-order valence-corrected chi connectivity index (χ3v) is 7.08. The summed E-state index contributed by atoms with van der Waals surface area (Å²) in [6, 6.07) is 26.2. The first kappa shape index (κ1) is 19.9. The molecule has 5 aromatic rings. The first-order valence-electron chi connectivity index (χ1n) is 11.2. The van der Waals surface area contributed by atoms with Crippen LogP contribution in [0.2, 0.25) is 0 Å². The number of aromatic nitrogens is 3. The number of rotatable bonds is 5. The van der Waals surface area contributed by atoms with Crippen LogP contribution in [0.15, 0.2) is 78.9 Å². The van der Waals surface area contributed by atoms with Crippen LogP contribution in [0.1, 0.15) is 39.2 Å². The number of anilines is 1. The number of hydrogen-bond donors (Lipinski definition) is 1. The topological polar surface area (TPSA) is 59.8 Å². The van der Waals surface area contributed by atoms with Crippen molar-refractivity contribution in [3.8, 4) is 5.13 Å². The summed E-state index contributed by atoms with van der Waals surface area (Å²) in [5, 5.41) is 8.74. The molecule has 1 amide bonds. The highest BCUT2D eigenvalue weighted by Crippen LogP contribution is 2.34. The highest BCUT2D eigenvalue weighted by atomic mass is 32.1. The Morgan fingerprint density at radius 3 is 2.48 bits per heavy atom. The summed E-state index contributed by atoms with van der Waals surface area (Å²) in [6.45, 7) is 0. The van der Waals surface area contributed by atoms with Gasteiger partial charge in [-0.2, -0.15) is 9.78 Å². The normalized spacial score (nSPS) is 12.7. The lowest BCUT2D eigenvalue weighted by molar-refractivity contribution is 0.102. The Morgan fingerprint density at radius 2 is 1.67 bits per heavy atom. The van der Waals surface area contributed by atoms with Gasteiger partial charge in [0, 0.05) is 11.1 Å². The molecule has 0 bridgehead atoms. The Bertz CT molecular complexity index is 1420. The van der Waals surface area contributed by atoms with E-state index in [4.69, 9.17) is 10.1 Å². The quantitative estimate of drug-likeness (QED) is 0.367. The van der Waals surface area contributed by atoms with Crippen molar-refractivity contribution in [2.75, 3.05) is 5.32 Å². The fourth-order valence-corrected chi connectivity index (χ4v) is 5.32. The molecule has 33 heavy (non-hydrogen) atoms. The van der Waals surface area contributed by atoms with Crippen molar-refractivity contribution in [2.45, 2.75) is 25.7 Å². The molecule has 0 radical (unpaired) electrons. The average Bonchev–Trinajstić information content (AvgIpc) is 3.55. The van der Waals surface area contributed by atoms with E-state index < -0.39 is 0 Å². The van der Waals surface area contributed by atoms with Crippen LogP contribution in [-0.4, -0.2) is 20.7 Å². The van der Waals surface area contributed by atoms with Crippen LogP contribution < -0.4 is 5.32 Å². The van der Waals surface area contributed by atoms with Gasteiger partial charge < -0.3 is 5.32 Å².